The van der Waals surface area contributed by atoms with Gasteiger partial charge in [0.1, 0.15) is 0 Å². The Balaban J connectivity index is 2.67. The summed E-state index contributed by atoms with van der Waals surface area (Å²) in [6.07, 6.45) is -0.610. The Morgan fingerprint density at radius 2 is 1.90 bits per heavy atom. The number of hydrogen-bond donors (Lipinski definition) is 1. The summed E-state index contributed by atoms with van der Waals surface area (Å²) in [7, 11) is 1.47. The Kier molecular flexibility index (Phi) is 2.48. The van der Waals surface area contributed by atoms with Crippen LogP contribution >= 0.6 is 23.2 Å². The van der Waals surface area contributed by atoms with Crippen molar-refractivity contribution in [2.24, 2.45) is 9.98 Å². The van der Waals surface area contributed by atoms with E-state index in [0.717, 1.165) is 0 Å². The number of rotatable bonds is 1. The fourth-order valence-electron chi connectivity index (χ4n) is 0.478. The lowest BCUT2D eigenvalue weighted by atomic mass is 10.8. The van der Waals surface area contributed by atoms with Gasteiger partial charge in [-0.3, -0.25) is 0 Å². The van der Waals surface area contributed by atoms with Gasteiger partial charge in [-0.15, -0.1) is 0 Å². The maximum atomic E-state index is 5.48. The van der Waals surface area contributed by atoms with Crippen molar-refractivity contribution >= 4 is 33.8 Å². The maximum absolute atomic E-state index is 5.48. The van der Waals surface area contributed by atoms with E-state index in [1.54, 1.807) is 0 Å². The minimum absolute atomic E-state index is 0.187. The molecule has 0 atom stereocenters. The Bertz CT molecular complexity index is 173. The minimum atomic E-state index is -0.610. The molecule has 1 heterocycles. The van der Waals surface area contributed by atoms with Crippen molar-refractivity contribution in [1.29, 1.82) is 0 Å². The van der Waals surface area contributed by atoms with Crippen LogP contribution in [0.25, 0.3) is 0 Å². The lowest BCUT2D eigenvalue weighted by molar-refractivity contribution is 0.117. The van der Waals surface area contributed by atoms with Crippen molar-refractivity contribution in [1.82, 2.24) is 5.32 Å². The molecule has 0 aromatic rings. The standard InChI is InChI=1S/C4H5Cl2N3O/c1-10-4-8-2(5)7-3(6)9-4/h4H,1H3,(H,7,8,9). The second kappa shape index (κ2) is 3.18. The molecule has 0 saturated carbocycles. The largest absolute Gasteiger partial charge is 0.341 e. The van der Waals surface area contributed by atoms with E-state index in [2.05, 4.69) is 15.3 Å². The van der Waals surface area contributed by atoms with E-state index in [9.17, 15) is 0 Å². The van der Waals surface area contributed by atoms with Gasteiger partial charge in [-0.1, -0.05) is 0 Å². The van der Waals surface area contributed by atoms with E-state index < -0.39 is 6.35 Å². The van der Waals surface area contributed by atoms with Crippen LogP contribution in [0.3, 0.4) is 0 Å². The molecule has 10 heavy (non-hydrogen) atoms. The summed E-state index contributed by atoms with van der Waals surface area (Å²) in [6, 6.07) is 0. The van der Waals surface area contributed by atoms with E-state index in [1.807, 2.05) is 0 Å². The van der Waals surface area contributed by atoms with Crippen molar-refractivity contribution < 1.29 is 4.74 Å². The zero-order chi connectivity index (χ0) is 7.56. The van der Waals surface area contributed by atoms with E-state index in [1.165, 1.54) is 7.11 Å². The van der Waals surface area contributed by atoms with Gasteiger partial charge >= 0.3 is 0 Å². The van der Waals surface area contributed by atoms with Crippen LogP contribution in [0.2, 0.25) is 0 Å². The number of ether oxygens (including phenoxy) is 1. The predicted octanol–water partition coefficient (Wildman–Crippen LogP) is 0.709. The second-order valence-electron chi connectivity index (χ2n) is 1.53. The predicted molar refractivity (Wildman–Crippen MR) is 40.5 cm³/mol. The van der Waals surface area contributed by atoms with Gasteiger partial charge in [-0.25, -0.2) is 9.98 Å². The Morgan fingerprint density at radius 1 is 1.40 bits per heavy atom. The van der Waals surface area contributed by atoms with Crippen LogP contribution in [0.1, 0.15) is 0 Å². The fraction of sp³-hybridized carbons (Fsp3) is 0.500. The fourth-order valence-corrected chi connectivity index (χ4v) is 0.872. The summed E-state index contributed by atoms with van der Waals surface area (Å²) in [6.45, 7) is 0. The molecule has 4 nitrogen and oxygen atoms in total. The monoisotopic (exact) mass is 181 g/mol. The third-order valence-electron chi connectivity index (χ3n) is 0.865. The SMILES string of the molecule is COC1N=C(Cl)NC(Cl)=N1. The quantitative estimate of drug-likeness (QED) is 0.607. The highest BCUT2D eigenvalue weighted by atomic mass is 35.5. The molecule has 0 aromatic carbocycles. The first-order chi connectivity index (χ1) is 4.72. The van der Waals surface area contributed by atoms with Gasteiger partial charge < -0.3 is 10.1 Å². The number of methoxy groups -OCH3 is 1. The van der Waals surface area contributed by atoms with Crippen LogP contribution in [-0.2, 0) is 4.74 Å². The van der Waals surface area contributed by atoms with Crippen molar-refractivity contribution in [2.45, 2.75) is 6.35 Å². The van der Waals surface area contributed by atoms with Crippen molar-refractivity contribution in [3.05, 3.63) is 0 Å². The highest BCUT2D eigenvalue weighted by molar-refractivity contribution is 6.73. The first kappa shape index (κ1) is 7.78. The summed E-state index contributed by atoms with van der Waals surface area (Å²) in [5.41, 5.74) is 0. The van der Waals surface area contributed by atoms with E-state index in [-0.39, 0.29) is 10.6 Å². The van der Waals surface area contributed by atoms with E-state index >= 15 is 0 Å². The van der Waals surface area contributed by atoms with Crippen molar-refractivity contribution in [3.8, 4) is 0 Å². The molecule has 0 aliphatic carbocycles. The normalized spacial score (nSPS) is 19.5. The summed E-state index contributed by atoms with van der Waals surface area (Å²) in [4.78, 5) is 7.46. The molecule has 1 aliphatic rings. The molecule has 56 valence electrons. The van der Waals surface area contributed by atoms with Gasteiger partial charge in [-0.05, 0) is 23.2 Å². The molecule has 1 N–H and O–H groups in total. The third-order valence-corrected chi connectivity index (χ3v) is 1.25. The molecule has 0 fully saturated rings. The molecule has 0 spiro atoms. The van der Waals surface area contributed by atoms with Crippen molar-refractivity contribution in [3.63, 3.8) is 0 Å². The Hall–Kier alpha value is -0.320. The van der Waals surface area contributed by atoms with E-state index in [4.69, 9.17) is 27.9 Å². The molecule has 1 aliphatic heterocycles. The topological polar surface area (TPSA) is 46.0 Å². The van der Waals surface area contributed by atoms with Gasteiger partial charge in [0, 0.05) is 7.11 Å². The van der Waals surface area contributed by atoms with Crippen LogP contribution in [0, 0.1) is 0 Å². The molecule has 0 bridgehead atoms. The van der Waals surface area contributed by atoms with Gasteiger partial charge in [0.2, 0.25) is 10.6 Å². The summed E-state index contributed by atoms with van der Waals surface area (Å²) >= 11 is 11.0. The van der Waals surface area contributed by atoms with Crippen molar-refractivity contribution in [2.75, 3.05) is 7.11 Å². The summed E-state index contributed by atoms with van der Waals surface area (Å²) in [5, 5.41) is 2.87. The Morgan fingerprint density at radius 3 is 2.30 bits per heavy atom. The zero-order valence-electron chi connectivity index (χ0n) is 5.14. The number of halogens is 2. The smallest absolute Gasteiger partial charge is 0.250 e. The molecule has 0 unspecified atom stereocenters. The van der Waals surface area contributed by atoms with Gasteiger partial charge in [0.25, 0.3) is 6.35 Å². The van der Waals surface area contributed by atoms with Gasteiger partial charge in [0.05, 0.1) is 0 Å². The van der Waals surface area contributed by atoms with Crippen LogP contribution < -0.4 is 5.32 Å². The molecule has 1 rings (SSSR count). The zero-order valence-corrected chi connectivity index (χ0v) is 6.65. The molecular formula is C4H5Cl2N3O. The number of nitrogens with one attached hydrogen (secondary N) is 1. The molecule has 0 saturated heterocycles. The molecule has 0 aromatic heterocycles. The van der Waals surface area contributed by atoms with E-state index in [0.29, 0.717) is 0 Å². The van der Waals surface area contributed by atoms with Crippen LogP contribution in [0.5, 0.6) is 0 Å². The van der Waals surface area contributed by atoms with Crippen LogP contribution in [-0.4, -0.2) is 24.1 Å². The first-order valence-electron chi connectivity index (χ1n) is 2.49. The highest BCUT2D eigenvalue weighted by Gasteiger charge is 2.11. The maximum Gasteiger partial charge on any atom is 0.250 e. The lowest BCUT2D eigenvalue weighted by Gasteiger charge is -2.12. The summed E-state index contributed by atoms with van der Waals surface area (Å²) in [5.74, 6) is 0. The average Bonchev–Trinajstić information content (AvgIpc) is 1.85. The molecule has 6 heteroatoms. The van der Waals surface area contributed by atoms with Crippen LogP contribution in [0.4, 0.5) is 0 Å². The lowest BCUT2D eigenvalue weighted by Crippen LogP contribution is -2.30. The van der Waals surface area contributed by atoms with Gasteiger partial charge in [-0.2, -0.15) is 0 Å². The van der Waals surface area contributed by atoms with Gasteiger partial charge in [0.15, 0.2) is 0 Å². The number of nitrogens with zero attached hydrogens (tertiary/aromatic N) is 2. The Labute approximate surface area is 67.9 Å². The average molecular weight is 182 g/mol. The molecule has 0 radical (unpaired) electrons. The number of hydrogen-bond acceptors (Lipinski definition) is 4. The number of aliphatic imine (C=N–C) groups is 2. The summed E-state index contributed by atoms with van der Waals surface area (Å²) < 4.78 is 4.75. The second-order valence-corrected chi connectivity index (χ2v) is 2.24. The third kappa shape index (κ3) is 1.83. The minimum Gasteiger partial charge on any atom is -0.341 e. The van der Waals surface area contributed by atoms with Crippen LogP contribution in [0.15, 0.2) is 9.98 Å². The molecule has 0 amide bonds. The molecular weight excluding hydrogens is 177 g/mol. The number of amidine groups is 2. The highest BCUT2D eigenvalue weighted by Crippen LogP contribution is 2.03. The first-order valence-corrected chi connectivity index (χ1v) is 3.24.